The van der Waals surface area contributed by atoms with Crippen LogP contribution >= 0.6 is 7.26 Å². The Balaban J connectivity index is 0.00000306. The van der Waals surface area contributed by atoms with Crippen molar-refractivity contribution in [1.29, 1.82) is 0 Å². The van der Waals surface area contributed by atoms with E-state index < -0.39 is 7.26 Å². The summed E-state index contributed by atoms with van der Waals surface area (Å²) in [4.78, 5) is 18.3. The minimum absolute atomic E-state index is 0. The maximum Gasteiger partial charge on any atom is 0.277 e. The summed E-state index contributed by atoms with van der Waals surface area (Å²) >= 11 is 0. The van der Waals surface area contributed by atoms with Crippen molar-refractivity contribution in [2.24, 2.45) is 0 Å². The van der Waals surface area contributed by atoms with Crippen molar-refractivity contribution >= 4 is 29.1 Å². The Morgan fingerprint density at radius 2 is 1.09 bits per heavy atom. The molecule has 0 spiro atoms. The van der Waals surface area contributed by atoms with Crippen LogP contribution in [0.2, 0.25) is 0 Å². The number of hydrogen-bond donors (Lipinski definition) is 0. The highest BCUT2D eigenvalue weighted by Gasteiger charge is 2.46. The zero-order valence-electron chi connectivity index (χ0n) is 18.8. The third kappa shape index (κ3) is 5.09. The van der Waals surface area contributed by atoms with Gasteiger partial charge in [-0.05, 0) is 42.5 Å². The predicted molar refractivity (Wildman–Crippen MR) is 134 cm³/mol. The first-order valence-electron chi connectivity index (χ1n) is 10.6. The van der Waals surface area contributed by atoms with Crippen LogP contribution in [0.4, 0.5) is 0 Å². The van der Waals surface area contributed by atoms with Gasteiger partial charge in [0, 0.05) is 18.2 Å². The van der Waals surface area contributed by atoms with E-state index in [1.807, 2.05) is 18.2 Å². The molecular formula is C28H27BrNO2P. The molecule has 0 saturated carbocycles. The Morgan fingerprint density at radius 3 is 1.52 bits per heavy atom. The van der Waals surface area contributed by atoms with E-state index in [1.54, 1.807) is 7.05 Å². The van der Waals surface area contributed by atoms with Crippen LogP contribution in [0.15, 0.2) is 115 Å². The minimum Gasteiger partial charge on any atom is -1.00 e. The summed E-state index contributed by atoms with van der Waals surface area (Å²) in [5.74, 6) is -0.143. The van der Waals surface area contributed by atoms with E-state index >= 15 is 0 Å². The third-order valence-electron chi connectivity index (χ3n) is 5.81. The second kappa shape index (κ2) is 11.4. The van der Waals surface area contributed by atoms with Gasteiger partial charge in [0.05, 0.1) is 13.3 Å². The van der Waals surface area contributed by atoms with Gasteiger partial charge >= 0.3 is 0 Å². The lowest BCUT2D eigenvalue weighted by Crippen LogP contribution is -3.00. The quantitative estimate of drug-likeness (QED) is 0.275. The van der Waals surface area contributed by atoms with E-state index in [-0.39, 0.29) is 22.9 Å². The lowest BCUT2D eigenvalue weighted by molar-refractivity contribution is -0.0757. The average Bonchev–Trinajstić information content (AvgIpc) is 2.88. The zero-order chi connectivity index (χ0) is 22.4. The lowest BCUT2D eigenvalue weighted by Gasteiger charge is -2.28. The van der Waals surface area contributed by atoms with Crippen LogP contribution < -0.4 is 32.9 Å². The summed E-state index contributed by atoms with van der Waals surface area (Å²) in [6.45, 7) is 0. The summed E-state index contributed by atoms with van der Waals surface area (Å²) in [5, 5.41) is 5.16. The molecule has 33 heavy (non-hydrogen) atoms. The number of nitrogens with zero attached hydrogens (tertiary/aromatic N) is 1. The second-order valence-corrected chi connectivity index (χ2v) is 11.1. The van der Waals surface area contributed by atoms with Gasteiger partial charge in [-0.15, -0.1) is 0 Å². The maximum atomic E-state index is 13.1. The van der Waals surface area contributed by atoms with Crippen molar-refractivity contribution < 1.29 is 26.6 Å². The van der Waals surface area contributed by atoms with Crippen LogP contribution in [-0.4, -0.2) is 25.1 Å². The monoisotopic (exact) mass is 519 g/mol. The van der Waals surface area contributed by atoms with Crippen LogP contribution in [0.25, 0.3) is 0 Å². The van der Waals surface area contributed by atoms with Gasteiger partial charge in [-0.3, -0.25) is 9.63 Å². The summed E-state index contributed by atoms with van der Waals surface area (Å²) < 4.78 is 0. The van der Waals surface area contributed by atoms with Crippen molar-refractivity contribution in [3.8, 4) is 0 Å². The van der Waals surface area contributed by atoms with Crippen LogP contribution in [-0.2, 0) is 11.0 Å². The highest BCUT2D eigenvalue weighted by atomic mass is 79.9. The summed E-state index contributed by atoms with van der Waals surface area (Å²) in [6.07, 6.45) is 0.741. The molecule has 0 aliphatic carbocycles. The average molecular weight is 520 g/mol. The Labute approximate surface area is 207 Å². The van der Waals surface area contributed by atoms with Crippen LogP contribution in [0.3, 0.4) is 0 Å². The zero-order valence-corrected chi connectivity index (χ0v) is 21.2. The van der Waals surface area contributed by atoms with Gasteiger partial charge in [0.25, 0.3) is 5.91 Å². The van der Waals surface area contributed by atoms with Gasteiger partial charge in [-0.1, -0.05) is 72.8 Å². The van der Waals surface area contributed by atoms with Crippen molar-refractivity contribution in [2.45, 2.75) is 6.16 Å². The Bertz CT molecular complexity index is 1070. The molecule has 0 N–H and O–H groups in total. The lowest BCUT2D eigenvalue weighted by atomic mass is 10.1. The maximum absolute atomic E-state index is 13.1. The number of hydroxylamine groups is 2. The number of hydrogen-bond acceptors (Lipinski definition) is 2. The molecule has 0 heterocycles. The molecule has 0 fully saturated rings. The fourth-order valence-electron chi connectivity index (χ4n) is 4.14. The Kier molecular flexibility index (Phi) is 8.57. The fourth-order valence-corrected chi connectivity index (χ4v) is 8.42. The van der Waals surface area contributed by atoms with Crippen molar-refractivity contribution in [2.75, 3.05) is 14.2 Å². The summed E-state index contributed by atoms with van der Waals surface area (Å²) in [5.41, 5.74) is 1.69. The standard InChI is InChI=1S/C28H27NO2P.BrH/c1-29(31-2)28(30)27-21-13-12-14-23(27)22-32(24-15-6-3-7-16-24,25-17-8-4-9-18-25)26-19-10-5-11-20-26;/h3-21H,22H2,1-2H3;1H/q+1;/p-1. The van der Waals surface area contributed by atoms with E-state index in [0.29, 0.717) is 5.56 Å². The first-order chi connectivity index (χ1) is 15.7. The van der Waals surface area contributed by atoms with Crippen molar-refractivity contribution in [3.63, 3.8) is 0 Å². The van der Waals surface area contributed by atoms with Gasteiger partial charge < -0.3 is 17.0 Å². The Hall–Kier alpha value is -2.78. The molecule has 0 radical (unpaired) electrons. The largest absolute Gasteiger partial charge is 1.00 e. The number of carbonyl (C=O) groups is 1. The number of amides is 1. The molecule has 5 heteroatoms. The van der Waals surface area contributed by atoms with Crippen molar-refractivity contribution in [3.05, 3.63) is 126 Å². The van der Waals surface area contributed by atoms with Crippen LogP contribution in [0.1, 0.15) is 15.9 Å². The number of carbonyl (C=O) groups excluding carboxylic acids is 1. The topological polar surface area (TPSA) is 29.5 Å². The molecule has 0 atom stereocenters. The van der Waals surface area contributed by atoms with Crippen molar-refractivity contribution in [1.82, 2.24) is 5.06 Å². The molecule has 168 valence electrons. The van der Waals surface area contributed by atoms with E-state index in [0.717, 1.165) is 11.7 Å². The molecule has 0 aliphatic heterocycles. The molecule has 0 saturated heterocycles. The molecule has 0 unspecified atom stereocenters. The second-order valence-electron chi connectivity index (χ2n) is 7.62. The molecule has 4 aromatic rings. The number of halogens is 1. The highest BCUT2D eigenvalue weighted by molar-refractivity contribution is 7.95. The number of benzene rings is 4. The van der Waals surface area contributed by atoms with Crippen LogP contribution in [0, 0.1) is 0 Å². The molecule has 4 aromatic carbocycles. The molecular weight excluding hydrogens is 493 g/mol. The van der Waals surface area contributed by atoms with E-state index in [1.165, 1.54) is 28.1 Å². The normalized spacial score (nSPS) is 10.8. The minimum atomic E-state index is -2.09. The van der Waals surface area contributed by atoms with Gasteiger partial charge in [0.15, 0.2) is 0 Å². The molecule has 0 aromatic heterocycles. The molecule has 0 aliphatic rings. The number of rotatable bonds is 7. The molecule has 4 rings (SSSR count). The van der Waals surface area contributed by atoms with E-state index in [9.17, 15) is 4.79 Å². The fraction of sp³-hybridized carbons (Fsp3) is 0.107. The summed E-state index contributed by atoms with van der Waals surface area (Å²) in [6, 6.07) is 40.0. The highest BCUT2D eigenvalue weighted by Crippen LogP contribution is 2.58. The van der Waals surface area contributed by atoms with E-state index in [2.05, 4.69) is 97.1 Å². The molecule has 1 amide bonds. The molecule has 3 nitrogen and oxygen atoms in total. The Morgan fingerprint density at radius 1 is 0.697 bits per heavy atom. The van der Waals surface area contributed by atoms with Gasteiger partial charge in [0.2, 0.25) is 0 Å². The predicted octanol–water partition coefficient (Wildman–Crippen LogP) is 1.82. The first-order valence-corrected chi connectivity index (χ1v) is 12.6. The smallest absolute Gasteiger partial charge is 0.277 e. The SMILES string of the molecule is CON(C)C(=O)c1ccccc1C[P+](c1ccccc1)(c1ccccc1)c1ccccc1.[Br-]. The van der Waals surface area contributed by atoms with Gasteiger partial charge in [-0.2, -0.15) is 0 Å². The van der Waals surface area contributed by atoms with Crippen LogP contribution in [0.5, 0.6) is 0 Å². The third-order valence-corrected chi connectivity index (χ3v) is 10.2. The van der Waals surface area contributed by atoms with E-state index in [4.69, 9.17) is 4.84 Å². The van der Waals surface area contributed by atoms with Gasteiger partial charge in [0.1, 0.15) is 23.2 Å². The molecule has 0 bridgehead atoms. The summed E-state index contributed by atoms with van der Waals surface area (Å²) in [7, 11) is 1.06. The first kappa shape index (κ1) is 24.9. The van der Waals surface area contributed by atoms with Gasteiger partial charge in [-0.25, -0.2) is 5.06 Å².